The molecule has 0 aliphatic carbocycles. The van der Waals surface area contributed by atoms with Crippen LogP contribution in [0.3, 0.4) is 0 Å². The van der Waals surface area contributed by atoms with Gasteiger partial charge < -0.3 is 10.8 Å². The van der Waals surface area contributed by atoms with Crippen LogP contribution < -0.4 is 5.73 Å². The summed E-state index contributed by atoms with van der Waals surface area (Å²) in [5.74, 6) is -0.664. The highest BCUT2D eigenvalue weighted by Gasteiger charge is 1.96. The van der Waals surface area contributed by atoms with Crippen molar-refractivity contribution in [2.24, 2.45) is 5.73 Å². The third kappa shape index (κ3) is 40.3. The summed E-state index contributed by atoms with van der Waals surface area (Å²) in [6.07, 6.45) is 39.6. The van der Waals surface area contributed by atoms with Crippen LogP contribution in [0.4, 0.5) is 0 Å². The van der Waals surface area contributed by atoms with Crippen LogP contribution in [0.25, 0.3) is 0 Å². The van der Waals surface area contributed by atoms with Crippen LogP contribution in [0.15, 0.2) is 12.2 Å². The molecule has 0 radical (unpaired) electrons. The number of carboxylic acids is 1. The number of unbranched alkanes of at least 4 members (excludes halogenated alkanes) is 23. The van der Waals surface area contributed by atoms with Crippen molar-refractivity contribution in [1.82, 2.24) is 0 Å². The van der Waals surface area contributed by atoms with Gasteiger partial charge in [-0.2, -0.15) is 0 Å². The maximum absolute atomic E-state index is 10.3. The molecule has 0 spiro atoms. The van der Waals surface area contributed by atoms with Gasteiger partial charge in [0.05, 0.1) is 0 Å². The summed E-state index contributed by atoms with van der Waals surface area (Å²) in [6, 6.07) is 0. The number of rotatable bonds is 28. The van der Waals surface area contributed by atoms with Gasteiger partial charge in [0.1, 0.15) is 0 Å². The van der Waals surface area contributed by atoms with Gasteiger partial charge in [0, 0.05) is 6.42 Å². The second kappa shape index (κ2) is 36.3. The molecule has 3 heteroatoms. The Balaban J connectivity index is 0. The Morgan fingerprint density at radius 2 is 0.806 bits per heavy atom. The smallest absolute Gasteiger partial charge is 0.303 e. The van der Waals surface area contributed by atoms with Gasteiger partial charge in [-0.25, -0.2) is 0 Å². The summed E-state index contributed by atoms with van der Waals surface area (Å²) in [6.45, 7) is 5.41. The molecule has 0 amide bonds. The van der Waals surface area contributed by atoms with E-state index in [0.717, 1.165) is 19.4 Å². The zero-order valence-electron chi connectivity index (χ0n) is 24.9. The van der Waals surface area contributed by atoms with Crippen LogP contribution in [0.2, 0.25) is 0 Å². The average Bonchev–Trinajstić information content (AvgIpc) is 2.87. The van der Waals surface area contributed by atoms with Gasteiger partial charge >= 0.3 is 5.97 Å². The summed E-state index contributed by atoms with van der Waals surface area (Å²) < 4.78 is 0. The van der Waals surface area contributed by atoms with Crippen molar-refractivity contribution in [3.63, 3.8) is 0 Å². The number of carbonyl (C=O) groups is 1. The van der Waals surface area contributed by atoms with E-state index < -0.39 is 5.97 Å². The van der Waals surface area contributed by atoms with Crippen molar-refractivity contribution < 1.29 is 9.90 Å². The summed E-state index contributed by atoms with van der Waals surface area (Å²) in [7, 11) is 0. The Labute approximate surface area is 227 Å². The van der Waals surface area contributed by atoms with Crippen molar-refractivity contribution in [3.05, 3.63) is 12.2 Å². The molecule has 0 aliphatic heterocycles. The van der Waals surface area contributed by atoms with Crippen LogP contribution >= 0.6 is 0 Å². The molecular weight excluding hydrogens is 442 g/mol. The normalized spacial score (nSPS) is 11.1. The molecule has 3 N–H and O–H groups in total. The second-order valence-electron chi connectivity index (χ2n) is 10.8. The van der Waals surface area contributed by atoms with Crippen molar-refractivity contribution >= 4 is 5.97 Å². The molecule has 0 aromatic heterocycles. The van der Waals surface area contributed by atoms with Crippen molar-refractivity contribution in [3.8, 4) is 0 Å². The highest BCUT2D eigenvalue weighted by Crippen LogP contribution is 2.12. The number of nitrogens with two attached hydrogens (primary N) is 1. The first-order valence-electron chi connectivity index (χ1n) is 16.3. The molecule has 36 heavy (non-hydrogen) atoms. The Kier molecular flexibility index (Phi) is 37.7. The fourth-order valence-corrected chi connectivity index (χ4v) is 4.51. The molecule has 0 unspecified atom stereocenters. The number of hydrogen-bond acceptors (Lipinski definition) is 2. The Bertz CT molecular complexity index is 408. The molecule has 0 rings (SSSR count). The van der Waals surface area contributed by atoms with Crippen molar-refractivity contribution in [1.29, 1.82) is 0 Å². The molecule has 0 fully saturated rings. The first kappa shape index (κ1) is 37.3. The molecule has 0 heterocycles. The predicted molar refractivity (Wildman–Crippen MR) is 162 cm³/mol. The number of hydrogen-bond donors (Lipinski definition) is 2. The fraction of sp³-hybridized carbons (Fsp3) is 0.909. The first-order valence-corrected chi connectivity index (χ1v) is 16.3. The first-order chi connectivity index (χ1) is 17.7. The lowest BCUT2D eigenvalue weighted by molar-refractivity contribution is -0.137. The zero-order valence-corrected chi connectivity index (χ0v) is 24.9. The highest BCUT2D eigenvalue weighted by atomic mass is 16.4. The molecule has 3 nitrogen and oxygen atoms in total. The van der Waals surface area contributed by atoms with Crippen LogP contribution in [-0.2, 0) is 4.79 Å². The maximum Gasteiger partial charge on any atom is 0.303 e. The number of aliphatic carboxylic acids is 1. The Morgan fingerprint density at radius 3 is 1.14 bits per heavy atom. The lowest BCUT2D eigenvalue weighted by Crippen LogP contribution is -1.97. The number of allylic oxidation sites excluding steroid dienone is 2. The van der Waals surface area contributed by atoms with E-state index in [1.54, 1.807) is 0 Å². The van der Waals surface area contributed by atoms with Gasteiger partial charge in [0.2, 0.25) is 0 Å². The fourth-order valence-electron chi connectivity index (χ4n) is 4.51. The van der Waals surface area contributed by atoms with Gasteiger partial charge in [0.25, 0.3) is 0 Å². The topological polar surface area (TPSA) is 63.3 Å². The SMILES string of the molecule is CCCCCCCC/C=C\CCCCCCCC(=O)O.CCCCCCCCCCCCCCCN. The number of carboxylic acid groups (broad SMARTS) is 1. The van der Waals surface area contributed by atoms with E-state index >= 15 is 0 Å². The molecule has 0 bridgehead atoms. The minimum Gasteiger partial charge on any atom is -0.481 e. The van der Waals surface area contributed by atoms with Crippen LogP contribution in [0, 0.1) is 0 Å². The van der Waals surface area contributed by atoms with Crippen molar-refractivity contribution in [2.45, 2.75) is 187 Å². The Morgan fingerprint density at radius 1 is 0.500 bits per heavy atom. The van der Waals surface area contributed by atoms with Crippen molar-refractivity contribution in [2.75, 3.05) is 6.54 Å². The largest absolute Gasteiger partial charge is 0.481 e. The van der Waals surface area contributed by atoms with E-state index in [1.807, 2.05) is 0 Å². The second-order valence-corrected chi connectivity index (χ2v) is 10.8. The highest BCUT2D eigenvalue weighted by molar-refractivity contribution is 5.66. The quantitative estimate of drug-likeness (QED) is 0.0814. The molecular formula is C33H67NO2. The summed E-state index contributed by atoms with van der Waals surface area (Å²) in [4.78, 5) is 10.3. The third-order valence-electron chi connectivity index (χ3n) is 6.96. The molecule has 216 valence electrons. The lowest BCUT2D eigenvalue weighted by Gasteiger charge is -2.02. The van der Waals surface area contributed by atoms with Gasteiger partial charge in [-0.1, -0.05) is 154 Å². The van der Waals surface area contributed by atoms with Crippen LogP contribution in [0.1, 0.15) is 187 Å². The van der Waals surface area contributed by atoms with E-state index in [1.165, 1.54) is 154 Å². The van der Waals surface area contributed by atoms with Gasteiger partial charge in [-0.15, -0.1) is 0 Å². The summed E-state index contributed by atoms with van der Waals surface area (Å²) in [5.41, 5.74) is 5.46. The molecule has 0 saturated carbocycles. The molecule has 0 atom stereocenters. The van der Waals surface area contributed by atoms with E-state index in [0.29, 0.717) is 6.42 Å². The Hall–Kier alpha value is -0.830. The summed E-state index contributed by atoms with van der Waals surface area (Å²) in [5, 5.41) is 8.51. The molecule has 0 aromatic rings. The van der Waals surface area contributed by atoms with E-state index in [4.69, 9.17) is 10.8 Å². The standard InChI is InChI=1S/C18H34O2.C15H33N/c1-2-3-4-5-6-7-8-9-10-11-12-13-14-15-16-17-18(19)20;1-2-3-4-5-6-7-8-9-10-11-12-13-14-15-16/h9-10H,2-8,11-17H2,1H3,(H,19,20);2-16H2,1H3/b10-9-;. The van der Waals surface area contributed by atoms with Crippen LogP contribution in [0.5, 0.6) is 0 Å². The molecule has 0 aromatic carbocycles. The lowest BCUT2D eigenvalue weighted by atomic mass is 10.0. The minimum atomic E-state index is -0.664. The molecule has 0 aliphatic rings. The van der Waals surface area contributed by atoms with E-state index in [9.17, 15) is 4.79 Å². The van der Waals surface area contributed by atoms with E-state index in [2.05, 4.69) is 26.0 Å². The zero-order chi connectivity index (χ0) is 26.8. The van der Waals surface area contributed by atoms with Gasteiger partial charge in [0.15, 0.2) is 0 Å². The monoisotopic (exact) mass is 510 g/mol. The van der Waals surface area contributed by atoms with E-state index in [-0.39, 0.29) is 0 Å². The van der Waals surface area contributed by atoms with Crippen LogP contribution in [-0.4, -0.2) is 17.6 Å². The molecule has 0 saturated heterocycles. The maximum atomic E-state index is 10.3. The summed E-state index contributed by atoms with van der Waals surface area (Å²) >= 11 is 0. The average molecular weight is 510 g/mol. The van der Waals surface area contributed by atoms with Gasteiger partial charge in [-0.3, -0.25) is 4.79 Å². The third-order valence-corrected chi connectivity index (χ3v) is 6.96. The van der Waals surface area contributed by atoms with Gasteiger partial charge in [-0.05, 0) is 45.1 Å². The predicted octanol–water partition coefficient (Wildman–Crippen LogP) is 11.1. The minimum absolute atomic E-state index is 0.332.